The normalized spacial score (nSPS) is 26.6. The van der Waals surface area contributed by atoms with Gasteiger partial charge in [-0.25, -0.2) is 4.79 Å². The van der Waals surface area contributed by atoms with Gasteiger partial charge in [-0.05, 0) is 23.4 Å². The van der Waals surface area contributed by atoms with Gasteiger partial charge in [-0.15, -0.1) is 0 Å². The monoisotopic (exact) mass is 330 g/mol. The largest absolute Gasteiger partial charge is 0.396 e. The highest BCUT2D eigenvalue weighted by Crippen LogP contribution is 2.42. The number of rotatable bonds is 4. The number of aromatic nitrogens is 2. The van der Waals surface area contributed by atoms with Crippen molar-refractivity contribution in [2.75, 3.05) is 13.2 Å². The molecule has 1 fully saturated rings. The minimum absolute atomic E-state index is 0.0463. The maximum Gasteiger partial charge on any atom is 0.328 e. The maximum absolute atomic E-state index is 12.2. The van der Waals surface area contributed by atoms with Crippen LogP contribution in [-0.2, 0) is 0 Å². The summed E-state index contributed by atoms with van der Waals surface area (Å²) < 4.78 is 1.13. The molecule has 1 aromatic rings. The fourth-order valence-corrected chi connectivity index (χ4v) is 2.83. The number of halogens is 1. The first-order chi connectivity index (χ1) is 9.13. The van der Waals surface area contributed by atoms with Gasteiger partial charge in [0, 0.05) is 31.4 Å². The predicted molar refractivity (Wildman–Crippen MR) is 74.1 cm³/mol. The Labute approximate surface area is 117 Å². The molecule has 0 amide bonds. The van der Waals surface area contributed by atoms with Crippen molar-refractivity contribution in [3.05, 3.63) is 37.6 Å². The lowest BCUT2D eigenvalue weighted by molar-refractivity contribution is -0.0100. The number of nitrogens with one attached hydrogen (secondary N) is 1. The van der Waals surface area contributed by atoms with E-state index in [2.05, 4.69) is 20.9 Å². The molecule has 0 spiro atoms. The fourth-order valence-electron chi connectivity index (χ4n) is 2.55. The van der Waals surface area contributed by atoms with Crippen molar-refractivity contribution in [2.24, 2.45) is 11.8 Å². The third-order valence-electron chi connectivity index (χ3n) is 3.70. The molecular formula is C12H15BrN2O4. The summed E-state index contributed by atoms with van der Waals surface area (Å²) in [4.78, 5) is 28.1. The van der Waals surface area contributed by atoms with Gasteiger partial charge >= 0.3 is 5.69 Å². The summed E-state index contributed by atoms with van der Waals surface area (Å²) in [5, 5.41) is 18.4. The Kier molecular flexibility index (Phi) is 4.38. The maximum atomic E-state index is 12.2. The molecule has 6 nitrogen and oxygen atoms in total. The molecule has 104 valence electrons. The van der Waals surface area contributed by atoms with Gasteiger partial charge in [-0.3, -0.25) is 9.36 Å². The van der Waals surface area contributed by atoms with Crippen LogP contribution in [0.15, 0.2) is 20.8 Å². The first-order valence-corrected chi connectivity index (χ1v) is 6.88. The summed E-state index contributed by atoms with van der Waals surface area (Å²) >= 11 is 3.08. The smallest absolute Gasteiger partial charge is 0.328 e. The van der Waals surface area contributed by atoms with Gasteiger partial charge in [-0.2, -0.15) is 0 Å². The molecule has 7 heteroatoms. The molecule has 19 heavy (non-hydrogen) atoms. The Balaban J connectivity index is 2.43. The van der Waals surface area contributed by atoms with E-state index in [9.17, 15) is 14.7 Å². The lowest BCUT2D eigenvalue weighted by Crippen LogP contribution is -2.51. The summed E-state index contributed by atoms with van der Waals surface area (Å²) in [5.74, 6) is -0.316. The van der Waals surface area contributed by atoms with Gasteiger partial charge in [0.05, 0.1) is 5.56 Å². The summed E-state index contributed by atoms with van der Waals surface area (Å²) in [6.45, 7) is -0.199. The van der Waals surface area contributed by atoms with Gasteiger partial charge < -0.3 is 15.2 Å². The second kappa shape index (κ2) is 5.85. The molecular weight excluding hydrogens is 316 g/mol. The molecule has 1 heterocycles. The SMILES string of the molecule is O=c1[nH]cc(C=CBr)c(=O)n1C1CC(CO)C1CO. The van der Waals surface area contributed by atoms with Crippen molar-refractivity contribution < 1.29 is 10.2 Å². The third-order valence-corrected chi connectivity index (χ3v) is 3.96. The minimum atomic E-state index is -0.489. The minimum Gasteiger partial charge on any atom is -0.396 e. The van der Waals surface area contributed by atoms with Crippen LogP contribution in [0, 0.1) is 11.8 Å². The highest BCUT2D eigenvalue weighted by atomic mass is 79.9. The Bertz CT molecular complexity index is 592. The Morgan fingerprint density at radius 2 is 2.16 bits per heavy atom. The van der Waals surface area contributed by atoms with E-state index in [0.717, 1.165) is 4.57 Å². The molecule has 1 aliphatic carbocycles. The van der Waals surface area contributed by atoms with Gasteiger partial charge in [0.15, 0.2) is 0 Å². The highest BCUT2D eigenvalue weighted by molar-refractivity contribution is 9.11. The first kappa shape index (κ1) is 14.2. The zero-order valence-corrected chi connectivity index (χ0v) is 11.7. The number of hydrogen-bond donors (Lipinski definition) is 3. The van der Waals surface area contributed by atoms with Crippen molar-refractivity contribution in [1.29, 1.82) is 0 Å². The Hall–Kier alpha value is -1.18. The lowest BCUT2D eigenvalue weighted by Gasteiger charge is -2.43. The van der Waals surface area contributed by atoms with E-state index in [-0.39, 0.29) is 36.7 Å². The number of hydrogen-bond acceptors (Lipinski definition) is 4. The lowest BCUT2D eigenvalue weighted by atomic mass is 9.70. The number of aliphatic hydroxyl groups is 2. The molecule has 3 N–H and O–H groups in total. The zero-order valence-electron chi connectivity index (χ0n) is 10.1. The number of aliphatic hydroxyl groups excluding tert-OH is 2. The van der Waals surface area contributed by atoms with E-state index in [1.54, 1.807) is 6.08 Å². The van der Waals surface area contributed by atoms with Crippen LogP contribution in [0.4, 0.5) is 0 Å². The molecule has 1 aliphatic rings. The molecule has 2 rings (SSSR count). The molecule has 0 aliphatic heterocycles. The Morgan fingerprint density at radius 1 is 1.42 bits per heavy atom. The molecule has 1 aromatic heterocycles. The highest BCUT2D eigenvalue weighted by Gasteiger charge is 2.42. The molecule has 3 unspecified atom stereocenters. The molecule has 0 saturated heterocycles. The van der Waals surface area contributed by atoms with Gasteiger partial charge in [0.1, 0.15) is 0 Å². The summed E-state index contributed by atoms with van der Waals surface area (Å²) in [6.07, 6.45) is 3.42. The number of H-pyrrole nitrogens is 1. The van der Waals surface area contributed by atoms with Crippen molar-refractivity contribution in [3.63, 3.8) is 0 Å². The van der Waals surface area contributed by atoms with Gasteiger partial charge in [-0.1, -0.05) is 15.9 Å². The van der Waals surface area contributed by atoms with Crippen molar-refractivity contribution in [2.45, 2.75) is 12.5 Å². The average molecular weight is 331 g/mol. The topological polar surface area (TPSA) is 95.3 Å². The van der Waals surface area contributed by atoms with E-state index in [0.29, 0.717) is 12.0 Å². The molecule has 1 saturated carbocycles. The van der Waals surface area contributed by atoms with Crippen LogP contribution in [0.1, 0.15) is 18.0 Å². The molecule has 0 bridgehead atoms. The third kappa shape index (κ3) is 2.45. The summed E-state index contributed by atoms with van der Waals surface area (Å²) in [7, 11) is 0. The van der Waals surface area contributed by atoms with Crippen molar-refractivity contribution in [3.8, 4) is 0 Å². The molecule has 3 atom stereocenters. The number of nitrogens with zero attached hydrogens (tertiary/aromatic N) is 1. The zero-order chi connectivity index (χ0) is 14.0. The van der Waals surface area contributed by atoms with E-state index < -0.39 is 5.69 Å². The van der Waals surface area contributed by atoms with Crippen molar-refractivity contribution in [1.82, 2.24) is 9.55 Å². The van der Waals surface area contributed by atoms with Crippen LogP contribution in [0.25, 0.3) is 6.08 Å². The summed E-state index contributed by atoms with van der Waals surface area (Å²) in [6, 6.07) is -0.359. The molecule has 0 radical (unpaired) electrons. The first-order valence-electron chi connectivity index (χ1n) is 5.96. The summed E-state index contributed by atoms with van der Waals surface area (Å²) in [5.41, 5.74) is -0.517. The van der Waals surface area contributed by atoms with Crippen LogP contribution >= 0.6 is 15.9 Å². The quantitative estimate of drug-likeness (QED) is 0.727. The van der Waals surface area contributed by atoms with Crippen LogP contribution in [-0.4, -0.2) is 33.0 Å². The standard InChI is InChI=1S/C12H15BrN2O4/c13-2-1-7-4-14-12(19)15(11(7)18)10-3-8(5-16)9(10)6-17/h1-2,4,8-10,16-17H,3,5-6H2,(H,14,19). The average Bonchev–Trinajstić information content (AvgIpc) is 2.36. The van der Waals surface area contributed by atoms with Crippen LogP contribution in [0.2, 0.25) is 0 Å². The van der Waals surface area contributed by atoms with Crippen LogP contribution < -0.4 is 11.2 Å². The van der Waals surface area contributed by atoms with E-state index in [4.69, 9.17) is 5.11 Å². The second-order valence-electron chi connectivity index (χ2n) is 4.61. The number of aromatic amines is 1. The van der Waals surface area contributed by atoms with Crippen LogP contribution in [0.5, 0.6) is 0 Å². The fraction of sp³-hybridized carbons (Fsp3) is 0.500. The predicted octanol–water partition coefficient (Wildman–Crippen LogP) is 0.0640. The van der Waals surface area contributed by atoms with E-state index in [1.807, 2.05) is 0 Å². The second-order valence-corrected chi connectivity index (χ2v) is 5.14. The van der Waals surface area contributed by atoms with E-state index in [1.165, 1.54) is 11.2 Å². The van der Waals surface area contributed by atoms with Gasteiger partial charge in [0.25, 0.3) is 5.56 Å². The van der Waals surface area contributed by atoms with E-state index >= 15 is 0 Å². The van der Waals surface area contributed by atoms with Crippen molar-refractivity contribution >= 4 is 22.0 Å². The Morgan fingerprint density at radius 3 is 2.74 bits per heavy atom. The molecule has 0 aromatic carbocycles. The van der Waals surface area contributed by atoms with Crippen LogP contribution in [0.3, 0.4) is 0 Å². The van der Waals surface area contributed by atoms with Gasteiger partial charge in [0.2, 0.25) is 0 Å².